The molecule has 0 bridgehead atoms. The van der Waals surface area contributed by atoms with Crippen LogP contribution in [0.1, 0.15) is 11.6 Å². The van der Waals surface area contributed by atoms with E-state index in [1.807, 2.05) is 0 Å². The first-order valence-corrected chi connectivity index (χ1v) is 8.25. The number of hydrogen-bond donors (Lipinski definition) is 1. The van der Waals surface area contributed by atoms with Gasteiger partial charge in [-0.25, -0.2) is 4.79 Å². The zero-order chi connectivity index (χ0) is 17.7. The minimum absolute atomic E-state index is 0.276. The van der Waals surface area contributed by atoms with Gasteiger partial charge < -0.3 is 14.8 Å². The molecule has 1 amide bonds. The molecule has 1 N–H and O–H groups in total. The quantitative estimate of drug-likeness (QED) is 0.674. The lowest BCUT2D eigenvalue weighted by Gasteiger charge is -2.25. The van der Waals surface area contributed by atoms with Gasteiger partial charge in [-0.05, 0) is 35.9 Å². The largest absolute Gasteiger partial charge is 0.497 e. The van der Waals surface area contributed by atoms with Gasteiger partial charge in [0.1, 0.15) is 17.5 Å². The molecule has 2 aromatic rings. The lowest BCUT2D eigenvalue weighted by molar-refractivity contribution is 0.196. The second-order valence-corrected chi connectivity index (χ2v) is 7.54. The van der Waals surface area contributed by atoms with Gasteiger partial charge in [-0.3, -0.25) is 0 Å². The number of methoxy groups -OCH3 is 1. The molecule has 0 fully saturated rings. The second kappa shape index (κ2) is 8.17. The Balaban J connectivity index is 2.15. The van der Waals surface area contributed by atoms with Crippen molar-refractivity contribution in [2.24, 2.45) is 0 Å². The number of rotatable bonds is 4. The van der Waals surface area contributed by atoms with Gasteiger partial charge >= 0.3 is 6.09 Å². The van der Waals surface area contributed by atoms with Crippen molar-refractivity contribution in [1.82, 2.24) is 5.32 Å². The number of carbonyl (C=O) groups excluding carboxylic acids is 1. The van der Waals surface area contributed by atoms with E-state index in [1.165, 1.54) is 6.07 Å². The van der Waals surface area contributed by atoms with Crippen LogP contribution in [-0.4, -0.2) is 17.0 Å². The number of benzene rings is 2. The summed E-state index contributed by atoms with van der Waals surface area (Å²) in [6, 6.07) is 12.2. The van der Waals surface area contributed by atoms with Crippen LogP contribution in [0.2, 0.25) is 5.02 Å². The van der Waals surface area contributed by atoms with Crippen molar-refractivity contribution in [2.75, 3.05) is 7.11 Å². The van der Waals surface area contributed by atoms with E-state index in [9.17, 15) is 4.79 Å². The third-order valence-corrected chi connectivity index (χ3v) is 3.94. The Hall–Kier alpha value is -1.33. The highest BCUT2D eigenvalue weighted by Crippen LogP contribution is 2.40. The molecular formula is C16H13Cl4NO3. The van der Waals surface area contributed by atoms with Crippen LogP contribution in [-0.2, 0) is 0 Å². The van der Waals surface area contributed by atoms with Gasteiger partial charge in [0.2, 0.25) is 3.79 Å². The van der Waals surface area contributed by atoms with E-state index in [2.05, 4.69) is 5.32 Å². The highest BCUT2D eigenvalue weighted by atomic mass is 35.6. The maximum atomic E-state index is 12.1. The lowest BCUT2D eigenvalue weighted by atomic mass is 10.1. The number of nitrogens with one attached hydrogen (secondary N) is 1. The Morgan fingerprint density at radius 3 is 2.29 bits per heavy atom. The molecule has 8 heteroatoms. The van der Waals surface area contributed by atoms with Gasteiger partial charge in [-0.15, -0.1) is 0 Å². The topological polar surface area (TPSA) is 47.6 Å². The summed E-state index contributed by atoms with van der Waals surface area (Å²) in [5, 5.41) is 2.98. The Labute approximate surface area is 159 Å². The molecule has 2 rings (SSSR count). The smallest absolute Gasteiger partial charge is 0.413 e. The van der Waals surface area contributed by atoms with Gasteiger partial charge in [-0.2, -0.15) is 0 Å². The Morgan fingerprint density at radius 2 is 1.75 bits per heavy atom. The van der Waals surface area contributed by atoms with Gasteiger partial charge in [0, 0.05) is 5.02 Å². The molecule has 1 unspecified atom stereocenters. The van der Waals surface area contributed by atoms with E-state index in [0.717, 1.165) is 0 Å². The second-order valence-electron chi connectivity index (χ2n) is 4.74. The fourth-order valence-corrected chi connectivity index (χ4v) is 2.66. The first-order chi connectivity index (χ1) is 11.3. The van der Waals surface area contributed by atoms with Crippen molar-refractivity contribution in [1.29, 1.82) is 0 Å². The van der Waals surface area contributed by atoms with Crippen molar-refractivity contribution in [3.05, 3.63) is 59.1 Å². The van der Waals surface area contributed by atoms with Crippen LogP contribution in [0.25, 0.3) is 0 Å². The minimum Gasteiger partial charge on any atom is -0.497 e. The summed E-state index contributed by atoms with van der Waals surface area (Å²) < 4.78 is 8.46. The molecular weight excluding hydrogens is 396 g/mol. The molecule has 4 nitrogen and oxygen atoms in total. The average molecular weight is 409 g/mol. The molecule has 0 aliphatic rings. The van der Waals surface area contributed by atoms with Crippen LogP contribution in [0.15, 0.2) is 48.5 Å². The summed E-state index contributed by atoms with van der Waals surface area (Å²) in [6.07, 6.45) is -0.774. The summed E-state index contributed by atoms with van der Waals surface area (Å²) in [5.41, 5.74) is 0.582. The number of ether oxygens (including phenoxy) is 2. The average Bonchev–Trinajstić information content (AvgIpc) is 2.52. The summed E-state index contributed by atoms with van der Waals surface area (Å²) in [4.78, 5) is 12.1. The summed E-state index contributed by atoms with van der Waals surface area (Å²) in [6.45, 7) is 0. The number of alkyl halides is 3. The summed E-state index contributed by atoms with van der Waals surface area (Å²) in [5.74, 6) is 0.918. The Kier molecular flexibility index (Phi) is 6.47. The lowest BCUT2D eigenvalue weighted by Crippen LogP contribution is -2.38. The molecule has 0 aliphatic heterocycles. The summed E-state index contributed by atoms with van der Waals surface area (Å²) >= 11 is 23.8. The van der Waals surface area contributed by atoms with Crippen LogP contribution in [0, 0.1) is 0 Å². The third-order valence-electron chi connectivity index (χ3n) is 3.05. The van der Waals surface area contributed by atoms with E-state index in [0.29, 0.717) is 16.3 Å². The molecule has 2 aromatic carbocycles. The van der Waals surface area contributed by atoms with Crippen molar-refractivity contribution in [3.8, 4) is 11.5 Å². The number of carbonyl (C=O) groups is 1. The normalized spacial score (nSPS) is 12.4. The fourth-order valence-electron chi connectivity index (χ4n) is 1.94. The van der Waals surface area contributed by atoms with E-state index in [-0.39, 0.29) is 5.75 Å². The molecule has 1 atom stereocenters. The maximum absolute atomic E-state index is 12.1. The molecule has 0 heterocycles. The van der Waals surface area contributed by atoms with Crippen molar-refractivity contribution in [3.63, 3.8) is 0 Å². The van der Waals surface area contributed by atoms with Gasteiger partial charge in [-0.1, -0.05) is 64.6 Å². The number of halogens is 4. The van der Waals surface area contributed by atoms with E-state index >= 15 is 0 Å². The standard InChI is InChI=1S/C16H13Cl4NO3/c1-23-12-7-5-10(6-8-12)14(16(18,19)20)21-15(22)24-13-4-2-3-11(17)9-13/h2-9,14H,1H3,(H,21,22). The predicted octanol–water partition coefficient (Wildman–Crippen LogP) is 5.55. The van der Waals surface area contributed by atoms with E-state index in [1.54, 1.807) is 49.6 Å². The van der Waals surface area contributed by atoms with E-state index in [4.69, 9.17) is 55.9 Å². The summed E-state index contributed by atoms with van der Waals surface area (Å²) in [7, 11) is 1.54. The first kappa shape index (κ1) is 19.0. The van der Waals surface area contributed by atoms with Gasteiger partial charge in [0.15, 0.2) is 0 Å². The number of amides is 1. The zero-order valence-electron chi connectivity index (χ0n) is 12.4. The molecule has 24 heavy (non-hydrogen) atoms. The molecule has 0 radical (unpaired) electrons. The first-order valence-electron chi connectivity index (χ1n) is 6.74. The Morgan fingerprint density at radius 1 is 1.08 bits per heavy atom. The van der Waals surface area contributed by atoms with Crippen LogP contribution in [0.4, 0.5) is 4.79 Å². The minimum atomic E-state index is -1.78. The van der Waals surface area contributed by atoms with Crippen LogP contribution in [0.3, 0.4) is 0 Å². The fraction of sp³-hybridized carbons (Fsp3) is 0.188. The SMILES string of the molecule is COc1ccc(C(NC(=O)Oc2cccc(Cl)c2)C(Cl)(Cl)Cl)cc1. The molecule has 128 valence electrons. The van der Waals surface area contributed by atoms with Gasteiger partial charge in [0.25, 0.3) is 0 Å². The van der Waals surface area contributed by atoms with E-state index < -0.39 is 15.9 Å². The molecule has 0 spiro atoms. The van der Waals surface area contributed by atoms with Crippen molar-refractivity contribution >= 4 is 52.5 Å². The highest BCUT2D eigenvalue weighted by Gasteiger charge is 2.35. The molecule has 0 saturated carbocycles. The highest BCUT2D eigenvalue weighted by molar-refractivity contribution is 6.68. The molecule has 0 aliphatic carbocycles. The Bertz CT molecular complexity index is 701. The van der Waals surface area contributed by atoms with Crippen molar-refractivity contribution in [2.45, 2.75) is 9.83 Å². The zero-order valence-corrected chi connectivity index (χ0v) is 15.5. The van der Waals surface area contributed by atoms with Crippen LogP contribution in [0.5, 0.6) is 11.5 Å². The number of hydrogen-bond acceptors (Lipinski definition) is 3. The maximum Gasteiger partial charge on any atom is 0.413 e. The van der Waals surface area contributed by atoms with Crippen LogP contribution >= 0.6 is 46.4 Å². The van der Waals surface area contributed by atoms with Crippen LogP contribution < -0.4 is 14.8 Å². The molecule has 0 saturated heterocycles. The van der Waals surface area contributed by atoms with Crippen molar-refractivity contribution < 1.29 is 14.3 Å². The molecule has 0 aromatic heterocycles. The van der Waals surface area contributed by atoms with Gasteiger partial charge in [0.05, 0.1) is 7.11 Å². The third kappa shape index (κ3) is 5.35. The monoisotopic (exact) mass is 407 g/mol. The predicted molar refractivity (Wildman–Crippen MR) is 96.6 cm³/mol.